The molecular formula is C9H14O2. The highest BCUT2D eigenvalue weighted by Crippen LogP contribution is 1.87. The summed E-state index contributed by atoms with van der Waals surface area (Å²) >= 11 is 0. The second kappa shape index (κ2) is 8.69. The van der Waals surface area contributed by atoms with E-state index >= 15 is 0 Å². The summed E-state index contributed by atoms with van der Waals surface area (Å²) in [6.07, 6.45) is 4.84. The fourth-order valence-corrected chi connectivity index (χ4v) is 0.123. The van der Waals surface area contributed by atoms with Crippen LogP contribution in [-0.4, -0.2) is 11.1 Å². The Kier molecular flexibility index (Phi) is 9.78. The van der Waals surface area contributed by atoms with Crippen molar-refractivity contribution in [1.29, 1.82) is 0 Å². The van der Waals surface area contributed by atoms with Crippen molar-refractivity contribution in [3.63, 3.8) is 0 Å². The van der Waals surface area contributed by atoms with E-state index < -0.39 is 5.97 Å². The van der Waals surface area contributed by atoms with Gasteiger partial charge in [-0.1, -0.05) is 31.4 Å². The zero-order valence-electron chi connectivity index (χ0n) is 7.00. The van der Waals surface area contributed by atoms with Crippen molar-refractivity contribution in [2.75, 3.05) is 0 Å². The molecule has 0 aliphatic rings. The molecular weight excluding hydrogens is 140 g/mol. The highest BCUT2D eigenvalue weighted by Gasteiger charge is 1.93. The smallest absolute Gasteiger partial charge is 0.330 e. The van der Waals surface area contributed by atoms with E-state index in [1.807, 2.05) is 0 Å². The third-order valence-corrected chi connectivity index (χ3v) is 0.937. The first-order valence-electron chi connectivity index (χ1n) is 3.19. The van der Waals surface area contributed by atoms with Gasteiger partial charge in [-0.25, -0.2) is 4.79 Å². The predicted octanol–water partition coefficient (Wildman–Crippen LogP) is 2.40. The van der Waals surface area contributed by atoms with E-state index in [2.05, 4.69) is 13.2 Å². The van der Waals surface area contributed by atoms with Crippen molar-refractivity contribution in [3.8, 4) is 0 Å². The van der Waals surface area contributed by atoms with Crippen LogP contribution >= 0.6 is 0 Å². The van der Waals surface area contributed by atoms with Gasteiger partial charge in [-0.05, 0) is 13.8 Å². The summed E-state index contributed by atoms with van der Waals surface area (Å²) in [6.45, 7) is 9.98. The lowest BCUT2D eigenvalue weighted by molar-refractivity contribution is -0.132. The molecule has 62 valence electrons. The molecule has 1 N–H and O–H groups in total. The summed E-state index contributed by atoms with van der Waals surface area (Å²) in [5.74, 6) is -0.845. The van der Waals surface area contributed by atoms with E-state index in [0.29, 0.717) is 5.57 Å². The summed E-state index contributed by atoms with van der Waals surface area (Å²) in [6, 6.07) is 0. The molecule has 0 rings (SSSR count). The topological polar surface area (TPSA) is 37.3 Å². The van der Waals surface area contributed by atoms with Crippen LogP contribution in [0.4, 0.5) is 0 Å². The molecule has 0 atom stereocenters. The summed E-state index contributed by atoms with van der Waals surface area (Å²) in [5, 5.41) is 8.11. The SMILES string of the molecule is C=CC=C.CC=C(C)C(=O)O. The Morgan fingerprint density at radius 1 is 1.36 bits per heavy atom. The second-order valence-electron chi connectivity index (χ2n) is 1.75. The zero-order chi connectivity index (χ0) is 9.28. The molecule has 11 heavy (non-hydrogen) atoms. The molecule has 0 aliphatic carbocycles. The molecule has 0 saturated heterocycles. The van der Waals surface area contributed by atoms with Gasteiger partial charge in [-0.15, -0.1) is 0 Å². The largest absolute Gasteiger partial charge is 0.478 e. The van der Waals surface area contributed by atoms with Crippen LogP contribution in [0.15, 0.2) is 37.0 Å². The minimum Gasteiger partial charge on any atom is -0.478 e. The quantitative estimate of drug-likeness (QED) is 0.489. The van der Waals surface area contributed by atoms with Crippen LogP contribution in [0.25, 0.3) is 0 Å². The van der Waals surface area contributed by atoms with Gasteiger partial charge >= 0.3 is 5.97 Å². The van der Waals surface area contributed by atoms with Crippen molar-refractivity contribution in [3.05, 3.63) is 37.0 Å². The first kappa shape index (κ1) is 12.4. The van der Waals surface area contributed by atoms with E-state index in [1.165, 1.54) is 0 Å². The van der Waals surface area contributed by atoms with Crippen molar-refractivity contribution in [2.24, 2.45) is 0 Å². The van der Waals surface area contributed by atoms with Gasteiger partial charge in [0.25, 0.3) is 0 Å². The maximum Gasteiger partial charge on any atom is 0.330 e. The maximum atomic E-state index is 9.86. The van der Waals surface area contributed by atoms with Crippen LogP contribution in [0, 0.1) is 0 Å². The number of hydrogen-bond acceptors (Lipinski definition) is 1. The number of carbonyl (C=O) groups is 1. The van der Waals surface area contributed by atoms with Crippen LogP contribution in [0.3, 0.4) is 0 Å². The van der Waals surface area contributed by atoms with Gasteiger partial charge in [0.15, 0.2) is 0 Å². The van der Waals surface area contributed by atoms with Crippen LogP contribution in [0.2, 0.25) is 0 Å². The van der Waals surface area contributed by atoms with Crippen molar-refractivity contribution < 1.29 is 9.90 Å². The number of hydrogen-bond donors (Lipinski definition) is 1. The van der Waals surface area contributed by atoms with E-state index in [1.54, 1.807) is 32.1 Å². The Bertz CT molecular complexity index is 160. The van der Waals surface area contributed by atoms with Gasteiger partial charge in [-0.2, -0.15) is 0 Å². The minimum atomic E-state index is -0.845. The lowest BCUT2D eigenvalue weighted by Gasteiger charge is -1.84. The van der Waals surface area contributed by atoms with E-state index in [4.69, 9.17) is 5.11 Å². The molecule has 0 spiro atoms. The Morgan fingerprint density at radius 2 is 1.73 bits per heavy atom. The summed E-state index contributed by atoms with van der Waals surface area (Å²) in [7, 11) is 0. The first-order chi connectivity index (χ1) is 5.09. The summed E-state index contributed by atoms with van der Waals surface area (Å²) < 4.78 is 0. The van der Waals surface area contributed by atoms with Crippen LogP contribution in [0.5, 0.6) is 0 Å². The van der Waals surface area contributed by atoms with Gasteiger partial charge in [0.1, 0.15) is 0 Å². The molecule has 0 heterocycles. The minimum absolute atomic E-state index is 0.389. The van der Waals surface area contributed by atoms with Crippen LogP contribution < -0.4 is 0 Å². The Labute approximate surface area is 67.6 Å². The molecule has 0 radical (unpaired) electrons. The lowest BCUT2D eigenvalue weighted by Crippen LogP contribution is -1.93. The van der Waals surface area contributed by atoms with Gasteiger partial charge in [0.05, 0.1) is 0 Å². The Morgan fingerprint density at radius 3 is 1.73 bits per heavy atom. The van der Waals surface area contributed by atoms with Crippen LogP contribution in [0.1, 0.15) is 13.8 Å². The number of carboxylic acids is 1. The lowest BCUT2D eigenvalue weighted by atomic mass is 10.3. The van der Waals surface area contributed by atoms with Gasteiger partial charge < -0.3 is 5.11 Å². The van der Waals surface area contributed by atoms with E-state index in [0.717, 1.165) is 0 Å². The number of rotatable bonds is 2. The standard InChI is InChI=1S/C5H8O2.C4H6/c1-3-4(2)5(6)7;1-3-4-2/h3H,1-2H3,(H,6,7);3-4H,1-2H2. The molecule has 0 bridgehead atoms. The molecule has 0 aliphatic heterocycles. The maximum absolute atomic E-state index is 9.86. The predicted molar refractivity (Wildman–Crippen MR) is 47.5 cm³/mol. The molecule has 2 nitrogen and oxygen atoms in total. The van der Waals surface area contributed by atoms with Gasteiger partial charge in [0.2, 0.25) is 0 Å². The summed E-state index contributed by atoms with van der Waals surface area (Å²) in [5.41, 5.74) is 0.389. The monoisotopic (exact) mass is 154 g/mol. The molecule has 0 aromatic heterocycles. The normalized spacial score (nSPS) is 9.09. The van der Waals surface area contributed by atoms with Crippen molar-refractivity contribution >= 4 is 5.97 Å². The highest BCUT2D eigenvalue weighted by molar-refractivity contribution is 5.85. The van der Waals surface area contributed by atoms with Gasteiger partial charge in [-0.3, -0.25) is 0 Å². The molecule has 0 aromatic rings. The third kappa shape index (κ3) is 12.0. The molecule has 0 amide bonds. The number of carboxylic acid groups (broad SMARTS) is 1. The Balaban J connectivity index is 0. The highest BCUT2D eigenvalue weighted by atomic mass is 16.4. The third-order valence-electron chi connectivity index (χ3n) is 0.937. The number of allylic oxidation sites excluding steroid dienone is 3. The molecule has 0 fully saturated rings. The second-order valence-corrected chi connectivity index (χ2v) is 1.75. The number of aliphatic carboxylic acids is 1. The molecule has 0 unspecified atom stereocenters. The van der Waals surface area contributed by atoms with E-state index in [-0.39, 0.29) is 0 Å². The fourth-order valence-electron chi connectivity index (χ4n) is 0.123. The molecule has 2 heteroatoms. The molecule has 0 aromatic carbocycles. The van der Waals surface area contributed by atoms with Crippen molar-refractivity contribution in [2.45, 2.75) is 13.8 Å². The summed E-state index contributed by atoms with van der Waals surface area (Å²) in [4.78, 5) is 9.86. The average molecular weight is 154 g/mol. The van der Waals surface area contributed by atoms with Gasteiger partial charge in [0, 0.05) is 5.57 Å². The average Bonchev–Trinajstić information content (AvgIpc) is 2.03. The zero-order valence-corrected chi connectivity index (χ0v) is 7.00. The fraction of sp³-hybridized carbons (Fsp3) is 0.222. The molecule has 0 saturated carbocycles. The van der Waals surface area contributed by atoms with Crippen molar-refractivity contribution in [1.82, 2.24) is 0 Å². The van der Waals surface area contributed by atoms with E-state index in [9.17, 15) is 4.79 Å². The Hall–Kier alpha value is -1.31. The van der Waals surface area contributed by atoms with Crippen LogP contribution in [-0.2, 0) is 4.79 Å². The first-order valence-corrected chi connectivity index (χ1v) is 3.19.